The number of phosphoric ester groups is 1. The third-order valence-electron chi connectivity index (χ3n) is 0.739. The first-order valence-corrected chi connectivity index (χ1v) is 4.04. The van der Waals surface area contributed by atoms with E-state index in [1.54, 1.807) is 0 Å². The van der Waals surface area contributed by atoms with Crippen molar-refractivity contribution in [3.8, 4) is 0 Å². The molecule has 0 aliphatic carbocycles. The smallest absolute Gasteiger partial charge is 0.469 e. The number of nitrogens with two attached hydrogens (primary N) is 1. The summed E-state index contributed by atoms with van der Waals surface area (Å²) in [6.45, 7) is -0.709. The van der Waals surface area contributed by atoms with Crippen LogP contribution in [0.3, 0.4) is 0 Å². The topological polar surface area (TPSA) is 130 Å². The van der Waals surface area contributed by atoms with E-state index >= 15 is 0 Å². The maximum atomic E-state index is 9.98. The van der Waals surface area contributed by atoms with Gasteiger partial charge < -0.3 is 20.6 Å². The van der Waals surface area contributed by atoms with Gasteiger partial charge in [0.2, 0.25) is 0 Å². The number of hydrogen-bond donors (Lipinski definition) is 4. The molecule has 1 unspecified atom stereocenters. The maximum Gasteiger partial charge on any atom is 0.469 e. The van der Waals surface area contributed by atoms with Gasteiger partial charge >= 0.3 is 13.8 Å². The Hall–Kier alpha value is 0.163. The summed E-state index contributed by atoms with van der Waals surface area (Å²) in [5.41, 5.74) is 4.86. The standard InChI is InChI=1S/C3H8NO6P.Zn/c4-2(3(5)6)1-10-11(7,8)9;/h2H,1,4H2,(H,5,6)(H2,7,8,9);. The molecular weight excluding hydrogens is 242 g/mol. The monoisotopic (exact) mass is 249 g/mol. The summed E-state index contributed by atoms with van der Waals surface area (Å²) in [7, 11) is -4.60. The number of phosphoric acid groups is 1. The summed E-state index contributed by atoms with van der Waals surface area (Å²) in [5, 5.41) is 8.12. The predicted octanol–water partition coefficient (Wildman–Crippen LogP) is -1.49. The normalized spacial score (nSPS) is 13.2. The Bertz CT molecular complexity index is 191. The van der Waals surface area contributed by atoms with E-state index in [9.17, 15) is 9.36 Å². The number of hydrogen-bond acceptors (Lipinski definition) is 4. The molecule has 5 N–H and O–H groups in total. The quantitative estimate of drug-likeness (QED) is 0.353. The number of carboxylic acid groups (broad SMARTS) is 1. The minimum atomic E-state index is -4.60. The van der Waals surface area contributed by atoms with Gasteiger partial charge in [0.15, 0.2) is 0 Å². The molecule has 0 aliphatic heterocycles. The first-order chi connectivity index (χ1) is 4.83. The second kappa shape index (κ2) is 5.75. The molecule has 7 nitrogen and oxygen atoms in total. The Morgan fingerprint density at radius 3 is 2.25 bits per heavy atom. The number of rotatable bonds is 4. The third-order valence-corrected chi connectivity index (χ3v) is 1.22. The van der Waals surface area contributed by atoms with Gasteiger partial charge in [0.25, 0.3) is 0 Å². The van der Waals surface area contributed by atoms with Crippen LogP contribution in [0.5, 0.6) is 0 Å². The molecule has 0 bridgehead atoms. The molecule has 0 fully saturated rings. The van der Waals surface area contributed by atoms with Crippen molar-refractivity contribution in [1.29, 1.82) is 0 Å². The van der Waals surface area contributed by atoms with Crippen molar-refractivity contribution in [3.63, 3.8) is 0 Å². The van der Waals surface area contributed by atoms with Crippen LogP contribution in [0, 0.1) is 0 Å². The summed E-state index contributed by atoms with van der Waals surface area (Å²) >= 11 is 0. The van der Waals surface area contributed by atoms with E-state index in [4.69, 9.17) is 20.6 Å². The molecule has 68 valence electrons. The molecule has 0 amide bonds. The second-order valence-electron chi connectivity index (χ2n) is 1.73. The fraction of sp³-hybridized carbons (Fsp3) is 0.667. The van der Waals surface area contributed by atoms with Gasteiger partial charge in [-0.3, -0.25) is 9.32 Å². The van der Waals surface area contributed by atoms with Crippen molar-refractivity contribution in [2.24, 2.45) is 5.73 Å². The molecule has 0 saturated carbocycles. The van der Waals surface area contributed by atoms with Crippen LogP contribution >= 0.6 is 7.82 Å². The van der Waals surface area contributed by atoms with Crippen molar-refractivity contribution in [2.45, 2.75) is 6.04 Å². The average molecular weight is 250 g/mol. The molecule has 0 saturated heterocycles. The van der Waals surface area contributed by atoms with Gasteiger partial charge in [-0.25, -0.2) is 4.57 Å². The molecule has 0 aromatic carbocycles. The number of carboxylic acids is 1. The fourth-order valence-electron chi connectivity index (χ4n) is 0.249. The summed E-state index contributed by atoms with van der Waals surface area (Å²) in [4.78, 5) is 26.1. The SMILES string of the molecule is NC(COP(=O)(O)O)C(=O)O.[Zn]. The van der Waals surface area contributed by atoms with Crippen molar-refractivity contribution in [1.82, 2.24) is 0 Å². The van der Waals surface area contributed by atoms with E-state index in [1.807, 2.05) is 0 Å². The molecule has 0 spiro atoms. The van der Waals surface area contributed by atoms with Crippen LogP contribution < -0.4 is 5.73 Å². The summed E-state index contributed by atoms with van der Waals surface area (Å²) in [6.07, 6.45) is 0. The molecule has 12 heavy (non-hydrogen) atoms. The van der Waals surface area contributed by atoms with Gasteiger partial charge in [-0.2, -0.15) is 0 Å². The van der Waals surface area contributed by atoms with Crippen molar-refractivity contribution in [3.05, 3.63) is 0 Å². The molecular formula is C3H8NO6PZn. The minimum Gasteiger partial charge on any atom is -0.480 e. The van der Waals surface area contributed by atoms with Gasteiger partial charge in [-0.15, -0.1) is 0 Å². The van der Waals surface area contributed by atoms with Crippen molar-refractivity contribution in [2.75, 3.05) is 6.61 Å². The van der Waals surface area contributed by atoms with Crippen molar-refractivity contribution >= 4 is 13.8 Å². The van der Waals surface area contributed by atoms with E-state index in [0.29, 0.717) is 0 Å². The Labute approximate surface area is 80.9 Å². The van der Waals surface area contributed by atoms with E-state index < -0.39 is 26.4 Å². The van der Waals surface area contributed by atoms with Crippen LogP contribution in [-0.4, -0.2) is 33.5 Å². The van der Waals surface area contributed by atoms with Gasteiger partial charge in [-0.05, 0) is 0 Å². The average Bonchev–Trinajstić information content (AvgIpc) is 1.80. The molecule has 0 rings (SSSR count). The molecule has 0 aliphatic rings. The largest absolute Gasteiger partial charge is 0.480 e. The van der Waals surface area contributed by atoms with E-state index in [-0.39, 0.29) is 19.5 Å². The van der Waals surface area contributed by atoms with Crippen LogP contribution in [0.4, 0.5) is 0 Å². The van der Waals surface area contributed by atoms with Gasteiger partial charge in [0, 0.05) is 19.5 Å². The van der Waals surface area contributed by atoms with E-state index in [0.717, 1.165) is 0 Å². The predicted molar refractivity (Wildman–Crippen MR) is 33.6 cm³/mol. The molecule has 0 aromatic rings. The Morgan fingerprint density at radius 1 is 1.58 bits per heavy atom. The van der Waals surface area contributed by atoms with Crippen LogP contribution in [0.1, 0.15) is 0 Å². The summed E-state index contributed by atoms with van der Waals surface area (Å²) in [6, 6.07) is -1.41. The van der Waals surface area contributed by atoms with Crippen molar-refractivity contribution < 1.29 is 48.3 Å². The van der Waals surface area contributed by atoms with Crippen LogP contribution in [0.25, 0.3) is 0 Å². The Morgan fingerprint density at radius 2 is 2.00 bits per heavy atom. The fourth-order valence-corrected chi connectivity index (χ4v) is 0.603. The van der Waals surface area contributed by atoms with Gasteiger partial charge in [-0.1, -0.05) is 0 Å². The molecule has 9 heteroatoms. The van der Waals surface area contributed by atoms with Crippen LogP contribution in [0.15, 0.2) is 0 Å². The first-order valence-electron chi connectivity index (χ1n) is 2.51. The number of carbonyl (C=O) groups is 1. The molecule has 0 radical (unpaired) electrons. The summed E-state index contributed by atoms with van der Waals surface area (Å²) < 4.78 is 13.8. The van der Waals surface area contributed by atoms with Gasteiger partial charge in [0.05, 0.1) is 6.61 Å². The maximum absolute atomic E-state index is 9.98. The molecule has 0 heterocycles. The Kier molecular flexibility index (Phi) is 7.03. The first kappa shape index (κ1) is 14.7. The third kappa shape index (κ3) is 8.26. The van der Waals surface area contributed by atoms with Crippen LogP contribution in [0.2, 0.25) is 0 Å². The van der Waals surface area contributed by atoms with E-state index in [2.05, 4.69) is 4.52 Å². The zero-order valence-corrected chi connectivity index (χ0v) is 9.94. The second-order valence-corrected chi connectivity index (χ2v) is 2.97. The van der Waals surface area contributed by atoms with Crippen LogP contribution in [-0.2, 0) is 33.4 Å². The number of aliphatic carboxylic acids is 1. The van der Waals surface area contributed by atoms with E-state index in [1.165, 1.54) is 0 Å². The summed E-state index contributed by atoms with van der Waals surface area (Å²) in [5.74, 6) is -1.38. The zero-order chi connectivity index (χ0) is 9.07. The van der Waals surface area contributed by atoms with Gasteiger partial charge in [0.1, 0.15) is 6.04 Å². The Balaban J connectivity index is 0. The zero-order valence-electron chi connectivity index (χ0n) is 6.08. The minimum absolute atomic E-state index is 0. The molecule has 0 aromatic heterocycles. The molecule has 1 atom stereocenters.